The van der Waals surface area contributed by atoms with Crippen LogP contribution in [0, 0.1) is 0 Å². The smallest absolute Gasteiger partial charge is 0.262 e. The fourth-order valence-electron chi connectivity index (χ4n) is 3.17. The standard InChI is InChI=1S/C18H14N4O3/c23-18-12-3-1-2-4-13(12)21-17(16-19-7-8-20-16)22(18)11-5-6-14-15(9-11)25-10-24-14/h1-9,17,21H,10H2,(H,19,20)/t17-/m1/s1. The molecule has 5 rings (SSSR count). The molecule has 2 aliphatic rings. The Hall–Kier alpha value is -3.48. The summed E-state index contributed by atoms with van der Waals surface area (Å²) in [7, 11) is 0. The van der Waals surface area contributed by atoms with E-state index in [2.05, 4.69) is 15.3 Å². The zero-order chi connectivity index (χ0) is 16.8. The molecule has 0 unspecified atom stereocenters. The average molecular weight is 334 g/mol. The SMILES string of the molecule is O=C1c2ccccc2N[C@@H](c2ncc[nH]2)N1c1ccc2c(c1)OCO2. The van der Waals surface area contributed by atoms with Crippen molar-refractivity contribution in [3.63, 3.8) is 0 Å². The molecular formula is C18H14N4O3. The van der Waals surface area contributed by atoms with Crippen molar-refractivity contribution >= 4 is 17.3 Å². The van der Waals surface area contributed by atoms with Crippen LogP contribution < -0.4 is 19.7 Å². The van der Waals surface area contributed by atoms with Gasteiger partial charge in [0, 0.05) is 24.1 Å². The van der Waals surface area contributed by atoms with Gasteiger partial charge >= 0.3 is 0 Å². The van der Waals surface area contributed by atoms with Crippen molar-refractivity contribution in [1.29, 1.82) is 0 Å². The Labute approximate surface area is 143 Å². The highest BCUT2D eigenvalue weighted by atomic mass is 16.7. The van der Waals surface area contributed by atoms with Gasteiger partial charge < -0.3 is 19.8 Å². The summed E-state index contributed by atoms with van der Waals surface area (Å²) in [5, 5.41) is 3.39. The maximum absolute atomic E-state index is 13.2. The minimum Gasteiger partial charge on any atom is -0.454 e. The molecule has 1 amide bonds. The highest BCUT2D eigenvalue weighted by molar-refractivity contribution is 6.12. The number of aromatic nitrogens is 2. The quantitative estimate of drug-likeness (QED) is 0.753. The van der Waals surface area contributed by atoms with E-state index in [1.807, 2.05) is 42.5 Å². The van der Waals surface area contributed by atoms with Crippen LogP contribution in [0.1, 0.15) is 22.3 Å². The Morgan fingerprint density at radius 3 is 2.88 bits per heavy atom. The number of ether oxygens (including phenoxy) is 2. The lowest BCUT2D eigenvalue weighted by molar-refractivity contribution is 0.0974. The molecule has 0 bridgehead atoms. The van der Waals surface area contributed by atoms with Crippen LogP contribution in [0.2, 0.25) is 0 Å². The minimum absolute atomic E-state index is 0.102. The van der Waals surface area contributed by atoms with Gasteiger partial charge in [0.05, 0.1) is 11.3 Å². The average Bonchev–Trinajstić information content (AvgIpc) is 3.33. The monoisotopic (exact) mass is 334 g/mol. The molecule has 124 valence electrons. The van der Waals surface area contributed by atoms with Crippen molar-refractivity contribution in [2.45, 2.75) is 6.17 Å². The number of rotatable bonds is 2. The first-order valence-electron chi connectivity index (χ1n) is 7.89. The molecule has 25 heavy (non-hydrogen) atoms. The molecule has 2 aromatic carbocycles. The lowest BCUT2D eigenvalue weighted by Crippen LogP contribution is -2.43. The lowest BCUT2D eigenvalue weighted by Gasteiger charge is -2.36. The molecule has 1 atom stereocenters. The van der Waals surface area contributed by atoms with Crippen LogP contribution in [0.25, 0.3) is 0 Å². The molecule has 0 fully saturated rings. The minimum atomic E-state index is -0.447. The van der Waals surface area contributed by atoms with Crippen LogP contribution in [-0.4, -0.2) is 22.7 Å². The van der Waals surface area contributed by atoms with Crippen molar-refractivity contribution in [2.75, 3.05) is 17.0 Å². The first-order chi connectivity index (χ1) is 12.3. The second kappa shape index (κ2) is 5.27. The molecular weight excluding hydrogens is 320 g/mol. The van der Waals surface area contributed by atoms with Crippen LogP contribution >= 0.6 is 0 Å². The highest BCUT2D eigenvalue weighted by Crippen LogP contribution is 2.40. The number of nitrogens with one attached hydrogen (secondary N) is 2. The number of benzene rings is 2. The first kappa shape index (κ1) is 13.9. The van der Waals surface area contributed by atoms with Crippen LogP contribution in [0.3, 0.4) is 0 Å². The summed E-state index contributed by atoms with van der Waals surface area (Å²) in [6.45, 7) is 0.190. The number of hydrogen-bond donors (Lipinski definition) is 2. The molecule has 2 N–H and O–H groups in total. The second-order valence-electron chi connectivity index (χ2n) is 5.78. The molecule has 1 aromatic heterocycles. The zero-order valence-electron chi connectivity index (χ0n) is 13.1. The van der Waals surface area contributed by atoms with Crippen molar-refractivity contribution in [3.8, 4) is 11.5 Å². The molecule has 3 heterocycles. The first-order valence-corrected chi connectivity index (χ1v) is 7.89. The summed E-state index contributed by atoms with van der Waals surface area (Å²) in [6, 6.07) is 12.9. The molecule has 0 saturated heterocycles. The lowest BCUT2D eigenvalue weighted by atomic mass is 10.1. The van der Waals surface area contributed by atoms with Crippen molar-refractivity contribution in [2.24, 2.45) is 0 Å². The Kier molecular flexibility index (Phi) is 2.93. The number of aromatic amines is 1. The maximum Gasteiger partial charge on any atom is 0.262 e. The number of nitrogens with zero attached hydrogens (tertiary/aromatic N) is 2. The van der Waals surface area contributed by atoms with Gasteiger partial charge in [0.15, 0.2) is 17.7 Å². The van der Waals surface area contributed by atoms with E-state index in [0.717, 1.165) is 5.69 Å². The summed E-state index contributed by atoms with van der Waals surface area (Å²) >= 11 is 0. The van der Waals surface area contributed by atoms with E-state index >= 15 is 0 Å². The van der Waals surface area contributed by atoms with Crippen LogP contribution in [0.4, 0.5) is 11.4 Å². The van der Waals surface area contributed by atoms with Gasteiger partial charge in [0.25, 0.3) is 5.91 Å². The number of imidazole rings is 1. The Morgan fingerprint density at radius 2 is 2.00 bits per heavy atom. The van der Waals surface area contributed by atoms with Crippen LogP contribution in [0.5, 0.6) is 11.5 Å². The summed E-state index contributed by atoms with van der Waals surface area (Å²) in [5.74, 6) is 1.86. The molecule has 0 radical (unpaired) electrons. The number of H-pyrrole nitrogens is 1. The van der Waals surface area contributed by atoms with E-state index in [0.29, 0.717) is 28.6 Å². The van der Waals surface area contributed by atoms with Crippen LogP contribution in [-0.2, 0) is 0 Å². The fraction of sp³-hybridized carbons (Fsp3) is 0.111. The van der Waals surface area contributed by atoms with Gasteiger partial charge in [-0.1, -0.05) is 12.1 Å². The van der Waals surface area contributed by atoms with Crippen LogP contribution in [0.15, 0.2) is 54.9 Å². The molecule has 3 aromatic rings. The highest BCUT2D eigenvalue weighted by Gasteiger charge is 2.36. The normalized spacial score (nSPS) is 18.0. The predicted molar refractivity (Wildman–Crippen MR) is 90.8 cm³/mol. The van der Waals surface area contributed by atoms with Gasteiger partial charge in [-0.15, -0.1) is 0 Å². The zero-order valence-corrected chi connectivity index (χ0v) is 13.1. The third kappa shape index (κ3) is 2.13. The van der Waals surface area contributed by atoms with Crippen molar-refractivity contribution in [3.05, 3.63) is 66.2 Å². The number of hydrogen-bond acceptors (Lipinski definition) is 5. The van der Waals surface area contributed by atoms with E-state index in [1.165, 1.54) is 0 Å². The topological polar surface area (TPSA) is 79.5 Å². The van der Waals surface area contributed by atoms with Crippen molar-refractivity contribution in [1.82, 2.24) is 9.97 Å². The number of anilines is 2. The molecule has 0 aliphatic carbocycles. The second-order valence-corrected chi connectivity index (χ2v) is 5.78. The van der Waals surface area contributed by atoms with E-state index in [9.17, 15) is 4.79 Å². The van der Waals surface area contributed by atoms with Gasteiger partial charge in [-0.05, 0) is 24.3 Å². The van der Waals surface area contributed by atoms with E-state index in [-0.39, 0.29) is 12.7 Å². The Balaban J connectivity index is 1.65. The van der Waals surface area contributed by atoms with E-state index in [1.54, 1.807) is 17.3 Å². The fourth-order valence-corrected chi connectivity index (χ4v) is 3.17. The molecule has 2 aliphatic heterocycles. The maximum atomic E-state index is 13.2. The Morgan fingerprint density at radius 1 is 1.12 bits per heavy atom. The predicted octanol–water partition coefficient (Wildman–Crippen LogP) is 2.91. The number of para-hydroxylation sites is 1. The van der Waals surface area contributed by atoms with E-state index in [4.69, 9.17) is 9.47 Å². The largest absolute Gasteiger partial charge is 0.454 e. The molecule has 0 spiro atoms. The van der Waals surface area contributed by atoms with Gasteiger partial charge in [0.2, 0.25) is 6.79 Å². The third-order valence-electron chi connectivity index (χ3n) is 4.34. The summed E-state index contributed by atoms with van der Waals surface area (Å²) in [6.07, 6.45) is 2.96. The van der Waals surface area contributed by atoms with Gasteiger partial charge in [-0.3, -0.25) is 9.69 Å². The number of fused-ring (bicyclic) bond motifs is 2. The van der Waals surface area contributed by atoms with E-state index < -0.39 is 6.17 Å². The molecule has 7 nitrogen and oxygen atoms in total. The number of amides is 1. The number of carbonyl (C=O) groups is 1. The summed E-state index contributed by atoms with van der Waals surface area (Å²) in [4.78, 5) is 22.3. The van der Waals surface area contributed by atoms with Gasteiger partial charge in [0.1, 0.15) is 5.82 Å². The van der Waals surface area contributed by atoms with Crippen molar-refractivity contribution < 1.29 is 14.3 Å². The summed E-state index contributed by atoms with van der Waals surface area (Å²) < 4.78 is 10.8. The molecule has 0 saturated carbocycles. The van der Waals surface area contributed by atoms with Gasteiger partial charge in [-0.2, -0.15) is 0 Å². The summed E-state index contributed by atoms with van der Waals surface area (Å²) in [5.41, 5.74) is 2.10. The van der Waals surface area contributed by atoms with Gasteiger partial charge in [-0.25, -0.2) is 4.98 Å². The molecule has 7 heteroatoms. The number of carbonyl (C=O) groups excluding carboxylic acids is 1. The third-order valence-corrected chi connectivity index (χ3v) is 4.34. The Bertz CT molecular complexity index is 955.